The van der Waals surface area contributed by atoms with Gasteiger partial charge in [-0.1, -0.05) is 11.6 Å². The molecule has 140 valence electrons. The normalized spacial score (nSPS) is 9.79. The van der Waals surface area contributed by atoms with Crippen LogP contribution in [0, 0.1) is 47.8 Å². The Kier molecular flexibility index (Phi) is 5.65. The molecule has 0 bridgehead atoms. The molecule has 0 aliphatic carbocycles. The van der Waals surface area contributed by atoms with Gasteiger partial charge in [0.2, 0.25) is 5.88 Å². The number of aryl methyl sites for hydroxylation is 2. The summed E-state index contributed by atoms with van der Waals surface area (Å²) < 4.78 is 5.94. The number of hydrogen-bond donors (Lipinski definition) is 1. The van der Waals surface area contributed by atoms with Crippen LogP contribution >= 0.6 is 11.6 Å². The van der Waals surface area contributed by atoms with Gasteiger partial charge in [0, 0.05) is 5.69 Å². The molecule has 1 heterocycles. The highest BCUT2D eigenvalue weighted by atomic mass is 35.5. The molecule has 0 radical (unpaired) electrons. The van der Waals surface area contributed by atoms with Crippen LogP contribution in [0.1, 0.15) is 27.8 Å². The molecule has 0 amide bonds. The van der Waals surface area contributed by atoms with Gasteiger partial charge in [0.05, 0.1) is 28.8 Å². The third-order valence-electron chi connectivity index (χ3n) is 4.13. The standard InChI is InChI=1S/C22H14ClN5O/c1-13-7-16(11-25)8-14(2)20(13)29-22-19(23)9-17(12-26)21(28-22)27-18-5-3-15(10-24)4-6-18/h3-9H,1-2H3,(H,27,28). The molecule has 0 atom stereocenters. The monoisotopic (exact) mass is 399 g/mol. The van der Waals surface area contributed by atoms with Crippen molar-refractivity contribution in [2.75, 3.05) is 5.32 Å². The molecule has 6 nitrogen and oxygen atoms in total. The Bertz CT molecular complexity index is 1190. The summed E-state index contributed by atoms with van der Waals surface area (Å²) in [5, 5.41) is 30.7. The quantitative estimate of drug-likeness (QED) is 0.620. The highest BCUT2D eigenvalue weighted by Gasteiger charge is 2.15. The first-order valence-corrected chi connectivity index (χ1v) is 8.90. The molecule has 0 aliphatic heterocycles. The molecule has 1 aromatic heterocycles. The van der Waals surface area contributed by atoms with Crippen LogP contribution in [-0.4, -0.2) is 4.98 Å². The zero-order valence-corrected chi connectivity index (χ0v) is 16.4. The predicted molar refractivity (Wildman–Crippen MR) is 109 cm³/mol. The SMILES string of the molecule is Cc1cc(C#N)cc(C)c1Oc1nc(Nc2ccc(C#N)cc2)c(C#N)cc1Cl. The van der Waals surface area contributed by atoms with Gasteiger partial charge in [-0.3, -0.25) is 0 Å². The van der Waals surface area contributed by atoms with Crippen LogP contribution in [-0.2, 0) is 0 Å². The molecule has 2 aromatic carbocycles. The lowest BCUT2D eigenvalue weighted by Gasteiger charge is -2.15. The van der Waals surface area contributed by atoms with E-state index < -0.39 is 0 Å². The summed E-state index contributed by atoms with van der Waals surface area (Å²) in [5.41, 5.74) is 3.51. The van der Waals surface area contributed by atoms with E-state index >= 15 is 0 Å². The predicted octanol–water partition coefficient (Wildman–Crippen LogP) is 5.50. The van der Waals surface area contributed by atoms with Crippen molar-refractivity contribution in [3.05, 3.63) is 75.3 Å². The van der Waals surface area contributed by atoms with E-state index in [0.717, 1.165) is 11.1 Å². The molecule has 0 saturated carbocycles. The summed E-state index contributed by atoms with van der Waals surface area (Å²) in [5.74, 6) is 0.964. The van der Waals surface area contributed by atoms with Crippen LogP contribution in [0.25, 0.3) is 0 Å². The number of pyridine rings is 1. The average Bonchev–Trinajstić information content (AvgIpc) is 2.72. The first-order chi connectivity index (χ1) is 13.9. The number of hydrogen-bond acceptors (Lipinski definition) is 6. The maximum Gasteiger partial charge on any atom is 0.240 e. The first kappa shape index (κ1) is 19.7. The van der Waals surface area contributed by atoms with Crippen molar-refractivity contribution >= 4 is 23.1 Å². The van der Waals surface area contributed by atoms with Gasteiger partial charge in [0.15, 0.2) is 5.82 Å². The summed E-state index contributed by atoms with van der Waals surface area (Å²) in [7, 11) is 0. The lowest BCUT2D eigenvalue weighted by atomic mass is 10.1. The van der Waals surface area contributed by atoms with Crippen LogP contribution in [0.3, 0.4) is 0 Å². The second-order valence-electron chi connectivity index (χ2n) is 6.25. The Morgan fingerprint density at radius 2 is 1.52 bits per heavy atom. The van der Waals surface area contributed by atoms with E-state index in [1.54, 1.807) is 36.4 Å². The number of ether oxygens (including phenoxy) is 1. The third kappa shape index (κ3) is 4.28. The van der Waals surface area contributed by atoms with Gasteiger partial charge >= 0.3 is 0 Å². The zero-order chi connectivity index (χ0) is 21.0. The smallest absolute Gasteiger partial charge is 0.240 e. The minimum absolute atomic E-state index is 0.137. The van der Waals surface area contributed by atoms with E-state index in [0.29, 0.717) is 22.6 Å². The summed E-state index contributed by atoms with van der Waals surface area (Å²) >= 11 is 6.28. The molecule has 0 fully saturated rings. The number of anilines is 2. The number of halogens is 1. The molecule has 0 saturated heterocycles. The topological polar surface area (TPSA) is 106 Å². The minimum atomic E-state index is 0.137. The molecule has 3 aromatic rings. The van der Waals surface area contributed by atoms with Crippen LogP contribution in [0.2, 0.25) is 5.02 Å². The molecule has 1 N–H and O–H groups in total. The number of aromatic nitrogens is 1. The van der Waals surface area contributed by atoms with Crippen LogP contribution in [0.5, 0.6) is 11.6 Å². The van der Waals surface area contributed by atoms with E-state index in [9.17, 15) is 5.26 Å². The molecule has 0 spiro atoms. The zero-order valence-electron chi connectivity index (χ0n) is 15.6. The third-order valence-corrected chi connectivity index (χ3v) is 4.40. The highest BCUT2D eigenvalue weighted by molar-refractivity contribution is 6.32. The van der Waals surface area contributed by atoms with Gasteiger partial charge < -0.3 is 10.1 Å². The maximum absolute atomic E-state index is 9.43. The van der Waals surface area contributed by atoms with E-state index in [1.165, 1.54) is 6.07 Å². The molecule has 0 aliphatic rings. The van der Waals surface area contributed by atoms with Crippen molar-refractivity contribution in [1.29, 1.82) is 15.8 Å². The van der Waals surface area contributed by atoms with Crippen molar-refractivity contribution in [2.45, 2.75) is 13.8 Å². The average molecular weight is 400 g/mol. The fourth-order valence-corrected chi connectivity index (χ4v) is 2.95. The van der Waals surface area contributed by atoms with Crippen molar-refractivity contribution in [3.63, 3.8) is 0 Å². The Balaban J connectivity index is 1.99. The van der Waals surface area contributed by atoms with E-state index in [4.69, 9.17) is 26.9 Å². The Labute approximate surface area is 173 Å². The van der Waals surface area contributed by atoms with Gasteiger partial charge in [-0.15, -0.1) is 0 Å². The molecule has 0 unspecified atom stereocenters. The lowest BCUT2D eigenvalue weighted by molar-refractivity contribution is 0.457. The number of nitrogens with one attached hydrogen (secondary N) is 1. The minimum Gasteiger partial charge on any atom is -0.437 e. The van der Waals surface area contributed by atoms with Gasteiger partial charge in [0.25, 0.3) is 0 Å². The highest BCUT2D eigenvalue weighted by Crippen LogP contribution is 2.35. The molecule has 29 heavy (non-hydrogen) atoms. The summed E-state index contributed by atoms with van der Waals surface area (Å²) in [6.07, 6.45) is 0. The van der Waals surface area contributed by atoms with Crippen molar-refractivity contribution in [2.24, 2.45) is 0 Å². The molecular formula is C22H14ClN5O. The van der Waals surface area contributed by atoms with Gasteiger partial charge in [-0.25, -0.2) is 0 Å². The number of nitrogens with zero attached hydrogens (tertiary/aromatic N) is 4. The number of benzene rings is 2. The van der Waals surface area contributed by atoms with Crippen LogP contribution in [0.15, 0.2) is 42.5 Å². The van der Waals surface area contributed by atoms with Crippen LogP contribution < -0.4 is 10.1 Å². The first-order valence-electron chi connectivity index (χ1n) is 8.52. The largest absolute Gasteiger partial charge is 0.437 e. The van der Waals surface area contributed by atoms with Crippen molar-refractivity contribution < 1.29 is 4.74 Å². The fourth-order valence-electron chi connectivity index (χ4n) is 2.76. The van der Waals surface area contributed by atoms with Gasteiger partial charge in [0.1, 0.15) is 16.8 Å². The molecule has 7 heteroatoms. The Morgan fingerprint density at radius 1 is 0.897 bits per heavy atom. The van der Waals surface area contributed by atoms with E-state index in [-0.39, 0.29) is 22.3 Å². The second kappa shape index (κ2) is 8.31. The summed E-state index contributed by atoms with van der Waals surface area (Å²) in [6.45, 7) is 3.66. The van der Waals surface area contributed by atoms with Gasteiger partial charge in [-0.2, -0.15) is 20.8 Å². The Hall–Kier alpha value is -4.05. The molecular weight excluding hydrogens is 386 g/mol. The fraction of sp³-hybridized carbons (Fsp3) is 0.0909. The Morgan fingerprint density at radius 3 is 2.07 bits per heavy atom. The van der Waals surface area contributed by atoms with Crippen molar-refractivity contribution in [3.8, 4) is 29.8 Å². The second-order valence-corrected chi connectivity index (χ2v) is 6.66. The van der Waals surface area contributed by atoms with Gasteiger partial charge in [-0.05, 0) is 67.4 Å². The summed E-state index contributed by atoms with van der Waals surface area (Å²) in [6, 6.07) is 17.9. The van der Waals surface area contributed by atoms with Crippen LogP contribution in [0.4, 0.5) is 11.5 Å². The van der Waals surface area contributed by atoms with E-state index in [1.807, 2.05) is 19.9 Å². The maximum atomic E-state index is 9.43. The lowest BCUT2D eigenvalue weighted by Crippen LogP contribution is -2.01. The molecule has 3 rings (SSSR count). The number of rotatable bonds is 4. The number of nitriles is 3. The van der Waals surface area contributed by atoms with Crippen molar-refractivity contribution in [1.82, 2.24) is 4.98 Å². The summed E-state index contributed by atoms with van der Waals surface area (Å²) in [4.78, 5) is 4.38. The van der Waals surface area contributed by atoms with E-state index in [2.05, 4.69) is 22.4 Å².